The van der Waals surface area contributed by atoms with Crippen LogP contribution in [0.3, 0.4) is 0 Å². The smallest absolute Gasteiger partial charge is 0.462 e. The summed E-state index contributed by atoms with van der Waals surface area (Å²) in [5, 5.41) is 0. The zero-order valence-electron chi connectivity index (χ0n) is 18.0. The van der Waals surface area contributed by atoms with E-state index in [2.05, 4.69) is 11.4 Å². The van der Waals surface area contributed by atoms with Gasteiger partial charge in [-0.05, 0) is 12.8 Å². The van der Waals surface area contributed by atoms with Crippen LogP contribution in [0.4, 0.5) is 0 Å². The molecular formula is C20H39O8P. The van der Waals surface area contributed by atoms with Crippen LogP contribution in [0.2, 0.25) is 0 Å². The molecule has 0 aliphatic heterocycles. The van der Waals surface area contributed by atoms with Crippen molar-refractivity contribution in [3.63, 3.8) is 0 Å². The molecule has 1 atom stereocenters. The lowest BCUT2D eigenvalue weighted by molar-refractivity contribution is -0.161. The Kier molecular flexibility index (Phi) is 17.3. The SMILES string of the molecule is CCCCCCCCCCC(=O)OC(COC(=O)CCCCC)COP(=O)(O)O. The highest BCUT2D eigenvalue weighted by Crippen LogP contribution is 2.35. The predicted octanol–water partition coefficient (Wildman–Crippen LogP) is 4.66. The second kappa shape index (κ2) is 17.9. The van der Waals surface area contributed by atoms with Crippen LogP contribution in [0.5, 0.6) is 0 Å². The number of esters is 2. The Morgan fingerprint density at radius 3 is 1.83 bits per heavy atom. The van der Waals surface area contributed by atoms with Crippen molar-refractivity contribution in [3.05, 3.63) is 0 Å². The molecule has 0 fully saturated rings. The fourth-order valence-corrected chi connectivity index (χ4v) is 3.08. The standard InChI is InChI=1S/C20H39O8P/c1-3-5-7-8-9-10-11-13-15-20(22)28-18(17-27-29(23,24)25)16-26-19(21)14-12-6-4-2/h18H,3-17H2,1-2H3,(H2,23,24,25). The summed E-state index contributed by atoms with van der Waals surface area (Å²) in [6.07, 6.45) is 10.8. The van der Waals surface area contributed by atoms with Crippen LogP contribution in [0.15, 0.2) is 0 Å². The Labute approximate surface area is 174 Å². The number of carbonyl (C=O) groups excluding carboxylic acids is 2. The van der Waals surface area contributed by atoms with Crippen LogP contribution < -0.4 is 0 Å². The molecule has 0 aromatic heterocycles. The fourth-order valence-electron chi connectivity index (χ4n) is 2.72. The van der Waals surface area contributed by atoms with Gasteiger partial charge in [-0.25, -0.2) is 4.57 Å². The lowest BCUT2D eigenvalue weighted by Gasteiger charge is -2.18. The maximum atomic E-state index is 12.0. The van der Waals surface area contributed by atoms with E-state index in [1.54, 1.807) is 0 Å². The Morgan fingerprint density at radius 2 is 1.24 bits per heavy atom. The predicted molar refractivity (Wildman–Crippen MR) is 110 cm³/mol. The highest BCUT2D eigenvalue weighted by atomic mass is 31.2. The third-order valence-corrected chi connectivity index (χ3v) is 4.86. The summed E-state index contributed by atoms with van der Waals surface area (Å²) < 4.78 is 25.6. The van der Waals surface area contributed by atoms with E-state index in [9.17, 15) is 14.2 Å². The van der Waals surface area contributed by atoms with Crippen molar-refractivity contribution in [2.24, 2.45) is 0 Å². The number of carbonyl (C=O) groups is 2. The summed E-state index contributed by atoms with van der Waals surface area (Å²) in [6.45, 7) is 3.38. The number of phosphoric acid groups is 1. The molecule has 0 aliphatic rings. The molecular weight excluding hydrogens is 399 g/mol. The normalized spacial score (nSPS) is 12.6. The van der Waals surface area contributed by atoms with Gasteiger partial charge in [-0.1, -0.05) is 71.6 Å². The molecule has 0 radical (unpaired) electrons. The Hall–Kier alpha value is -0.950. The first-order chi connectivity index (χ1) is 13.8. The molecule has 29 heavy (non-hydrogen) atoms. The van der Waals surface area contributed by atoms with E-state index in [-0.39, 0.29) is 19.4 Å². The largest absolute Gasteiger partial charge is 0.469 e. The van der Waals surface area contributed by atoms with Gasteiger partial charge in [0, 0.05) is 12.8 Å². The van der Waals surface area contributed by atoms with Crippen LogP contribution in [0.1, 0.15) is 97.3 Å². The second-order valence-electron chi connectivity index (χ2n) is 7.26. The quantitative estimate of drug-likeness (QED) is 0.170. The van der Waals surface area contributed by atoms with Crippen molar-refractivity contribution >= 4 is 19.8 Å². The Morgan fingerprint density at radius 1 is 0.759 bits per heavy atom. The van der Waals surface area contributed by atoms with E-state index in [1.165, 1.54) is 25.7 Å². The average Bonchev–Trinajstić information content (AvgIpc) is 2.65. The Bertz CT molecular complexity index is 477. The van der Waals surface area contributed by atoms with Gasteiger partial charge in [-0.3, -0.25) is 14.1 Å². The van der Waals surface area contributed by atoms with Gasteiger partial charge in [0.25, 0.3) is 0 Å². The van der Waals surface area contributed by atoms with Crippen molar-refractivity contribution in [2.45, 2.75) is 103 Å². The summed E-state index contributed by atoms with van der Waals surface area (Å²) in [5.41, 5.74) is 0. The molecule has 1 unspecified atom stereocenters. The first kappa shape index (κ1) is 28.1. The molecule has 0 bridgehead atoms. The van der Waals surface area contributed by atoms with Crippen LogP contribution >= 0.6 is 7.82 Å². The lowest BCUT2D eigenvalue weighted by atomic mass is 10.1. The second-order valence-corrected chi connectivity index (χ2v) is 8.50. The molecule has 0 spiro atoms. The lowest BCUT2D eigenvalue weighted by Crippen LogP contribution is -2.29. The van der Waals surface area contributed by atoms with E-state index in [4.69, 9.17) is 19.3 Å². The van der Waals surface area contributed by atoms with Gasteiger partial charge >= 0.3 is 19.8 Å². The molecule has 0 aliphatic carbocycles. The van der Waals surface area contributed by atoms with Gasteiger partial charge in [-0.2, -0.15) is 0 Å². The minimum atomic E-state index is -4.71. The van der Waals surface area contributed by atoms with E-state index in [0.717, 1.165) is 32.1 Å². The molecule has 0 aromatic carbocycles. The zero-order valence-corrected chi connectivity index (χ0v) is 18.9. The number of unbranched alkanes of at least 4 members (excludes halogenated alkanes) is 9. The van der Waals surface area contributed by atoms with Crippen molar-refractivity contribution in [2.75, 3.05) is 13.2 Å². The van der Waals surface area contributed by atoms with Crippen molar-refractivity contribution < 1.29 is 37.9 Å². The van der Waals surface area contributed by atoms with Crippen LogP contribution in [-0.2, 0) is 28.2 Å². The number of hydrogen-bond acceptors (Lipinski definition) is 6. The van der Waals surface area contributed by atoms with Gasteiger partial charge < -0.3 is 19.3 Å². The molecule has 8 nitrogen and oxygen atoms in total. The fraction of sp³-hybridized carbons (Fsp3) is 0.900. The molecule has 0 rings (SSSR count). The minimum absolute atomic E-state index is 0.214. The van der Waals surface area contributed by atoms with Gasteiger partial charge in [-0.15, -0.1) is 0 Å². The Balaban J connectivity index is 4.18. The molecule has 2 N–H and O–H groups in total. The average molecular weight is 438 g/mol. The van der Waals surface area contributed by atoms with E-state index in [0.29, 0.717) is 12.8 Å². The van der Waals surface area contributed by atoms with E-state index in [1.807, 2.05) is 6.92 Å². The summed E-state index contributed by atoms with van der Waals surface area (Å²) in [7, 11) is -4.71. The monoisotopic (exact) mass is 438 g/mol. The maximum Gasteiger partial charge on any atom is 0.469 e. The van der Waals surface area contributed by atoms with Crippen LogP contribution in [-0.4, -0.2) is 41.0 Å². The third kappa shape index (κ3) is 20.1. The third-order valence-electron chi connectivity index (χ3n) is 4.38. The van der Waals surface area contributed by atoms with E-state index < -0.39 is 32.5 Å². The van der Waals surface area contributed by atoms with Gasteiger partial charge in [0.2, 0.25) is 0 Å². The topological polar surface area (TPSA) is 119 Å². The van der Waals surface area contributed by atoms with Crippen molar-refractivity contribution in [1.82, 2.24) is 0 Å². The number of ether oxygens (including phenoxy) is 2. The van der Waals surface area contributed by atoms with Crippen molar-refractivity contribution in [3.8, 4) is 0 Å². The number of hydrogen-bond donors (Lipinski definition) is 2. The summed E-state index contributed by atoms with van der Waals surface area (Å²) in [4.78, 5) is 41.4. The van der Waals surface area contributed by atoms with Crippen LogP contribution in [0, 0.1) is 0 Å². The molecule has 0 aromatic rings. The summed E-state index contributed by atoms with van der Waals surface area (Å²) in [6, 6.07) is 0. The first-order valence-electron chi connectivity index (χ1n) is 10.8. The molecule has 0 saturated carbocycles. The van der Waals surface area contributed by atoms with Gasteiger partial charge in [0.05, 0.1) is 6.61 Å². The highest BCUT2D eigenvalue weighted by molar-refractivity contribution is 7.46. The van der Waals surface area contributed by atoms with Gasteiger partial charge in [0.15, 0.2) is 6.10 Å². The van der Waals surface area contributed by atoms with Gasteiger partial charge in [0.1, 0.15) is 6.61 Å². The van der Waals surface area contributed by atoms with Crippen LogP contribution in [0.25, 0.3) is 0 Å². The molecule has 0 amide bonds. The first-order valence-corrected chi connectivity index (χ1v) is 12.4. The van der Waals surface area contributed by atoms with Crippen molar-refractivity contribution in [1.29, 1.82) is 0 Å². The molecule has 9 heteroatoms. The molecule has 0 heterocycles. The zero-order chi connectivity index (χ0) is 22.0. The minimum Gasteiger partial charge on any atom is -0.462 e. The number of rotatable bonds is 19. The summed E-state index contributed by atoms with van der Waals surface area (Å²) >= 11 is 0. The van der Waals surface area contributed by atoms with E-state index >= 15 is 0 Å². The highest BCUT2D eigenvalue weighted by Gasteiger charge is 2.22. The molecule has 0 saturated heterocycles. The summed E-state index contributed by atoms with van der Waals surface area (Å²) in [5.74, 6) is -0.920. The molecule has 172 valence electrons. The maximum absolute atomic E-state index is 12.0. The number of phosphoric ester groups is 1.